The molecule has 6 nitrogen and oxygen atoms in total. The molecule has 1 fully saturated rings. The molecule has 2 N–H and O–H groups in total. The summed E-state index contributed by atoms with van der Waals surface area (Å²) in [6, 6.07) is 9.86. The molecule has 126 valence electrons. The number of guanidine groups is 1. The molecule has 1 atom stereocenters. The lowest BCUT2D eigenvalue weighted by Crippen LogP contribution is -2.45. The highest BCUT2D eigenvalue weighted by Gasteiger charge is 2.19. The summed E-state index contributed by atoms with van der Waals surface area (Å²) in [7, 11) is 3.71. The molecule has 1 heterocycles. The zero-order chi connectivity index (χ0) is 16.5. The van der Waals surface area contributed by atoms with Crippen LogP contribution in [-0.4, -0.2) is 57.2 Å². The molecule has 6 heteroatoms. The van der Waals surface area contributed by atoms with E-state index in [0.29, 0.717) is 12.5 Å². The Balaban J connectivity index is 1.70. The SMILES string of the molecule is CN=C(NCC(=O)NCc1ccccc1)N(C)CC1CCOC1. The van der Waals surface area contributed by atoms with Crippen molar-refractivity contribution in [2.75, 3.05) is 40.4 Å². The van der Waals surface area contributed by atoms with E-state index in [4.69, 9.17) is 4.74 Å². The highest BCUT2D eigenvalue weighted by Crippen LogP contribution is 2.13. The van der Waals surface area contributed by atoms with Gasteiger partial charge >= 0.3 is 0 Å². The summed E-state index contributed by atoms with van der Waals surface area (Å²) in [6.45, 7) is 3.27. The van der Waals surface area contributed by atoms with Gasteiger partial charge in [-0.05, 0) is 12.0 Å². The molecule has 1 aliphatic rings. The second-order valence-electron chi connectivity index (χ2n) is 5.77. The van der Waals surface area contributed by atoms with Gasteiger partial charge in [-0.15, -0.1) is 0 Å². The summed E-state index contributed by atoms with van der Waals surface area (Å²) in [5, 5.41) is 6.00. The summed E-state index contributed by atoms with van der Waals surface area (Å²) >= 11 is 0. The van der Waals surface area contributed by atoms with Gasteiger partial charge in [0, 0.05) is 39.7 Å². The summed E-state index contributed by atoms with van der Waals surface area (Å²) in [5.74, 6) is 1.21. The molecule has 0 spiro atoms. The van der Waals surface area contributed by atoms with E-state index in [0.717, 1.165) is 37.7 Å². The zero-order valence-electron chi connectivity index (χ0n) is 13.9. The van der Waals surface area contributed by atoms with Crippen LogP contribution in [0.25, 0.3) is 0 Å². The quantitative estimate of drug-likeness (QED) is 0.603. The number of rotatable bonds is 6. The Kier molecular flexibility index (Phi) is 6.87. The first kappa shape index (κ1) is 17.3. The minimum atomic E-state index is -0.0485. The van der Waals surface area contributed by atoms with Crippen LogP contribution in [0.3, 0.4) is 0 Å². The van der Waals surface area contributed by atoms with Gasteiger partial charge in [-0.25, -0.2) is 0 Å². The lowest BCUT2D eigenvalue weighted by Gasteiger charge is -2.24. The van der Waals surface area contributed by atoms with Gasteiger partial charge in [0.2, 0.25) is 5.91 Å². The molecular weight excluding hydrogens is 292 g/mol. The Morgan fingerprint density at radius 3 is 2.78 bits per heavy atom. The first-order valence-electron chi connectivity index (χ1n) is 7.99. The number of amides is 1. The van der Waals surface area contributed by atoms with Gasteiger partial charge in [0.25, 0.3) is 0 Å². The summed E-state index contributed by atoms with van der Waals surface area (Å²) in [5.41, 5.74) is 1.09. The van der Waals surface area contributed by atoms with Crippen LogP contribution in [0.15, 0.2) is 35.3 Å². The van der Waals surface area contributed by atoms with Crippen molar-refractivity contribution in [2.45, 2.75) is 13.0 Å². The molecule has 2 rings (SSSR count). The molecule has 1 unspecified atom stereocenters. The second kappa shape index (κ2) is 9.15. The topological polar surface area (TPSA) is 66.0 Å². The minimum absolute atomic E-state index is 0.0485. The van der Waals surface area contributed by atoms with E-state index >= 15 is 0 Å². The molecular formula is C17H26N4O2. The van der Waals surface area contributed by atoms with Crippen LogP contribution in [0.2, 0.25) is 0 Å². The maximum atomic E-state index is 11.9. The molecule has 0 aromatic heterocycles. The number of aliphatic imine (C=N–C) groups is 1. The van der Waals surface area contributed by atoms with Crippen LogP contribution in [0.5, 0.6) is 0 Å². The monoisotopic (exact) mass is 318 g/mol. The van der Waals surface area contributed by atoms with E-state index in [1.165, 1.54) is 0 Å². The van der Waals surface area contributed by atoms with Crippen LogP contribution >= 0.6 is 0 Å². The van der Waals surface area contributed by atoms with Crippen LogP contribution < -0.4 is 10.6 Å². The van der Waals surface area contributed by atoms with E-state index in [9.17, 15) is 4.79 Å². The van der Waals surface area contributed by atoms with Gasteiger partial charge < -0.3 is 20.3 Å². The fourth-order valence-corrected chi connectivity index (χ4v) is 2.60. The third kappa shape index (κ3) is 5.90. The van der Waals surface area contributed by atoms with Crippen molar-refractivity contribution >= 4 is 11.9 Å². The maximum absolute atomic E-state index is 11.9. The third-order valence-corrected chi connectivity index (χ3v) is 3.87. The van der Waals surface area contributed by atoms with Crippen LogP contribution in [0.4, 0.5) is 0 Å². The maximum Gasteiger partial charge on any atom is 0.239 e. The van der Waals surface area contributed by atoms with Gasteiger partial charge in [0.05, 0.1) is 13.2 Å². The van der Waals surface area contributed by atoms with Gasteiger partial charge in [-0.3, -0.25) is 9.79 Å². The lowest BCUT2D eigenvalue weighted by molar-refractivity contribution is -0.120. The van der Waals surface area contributed by atoms with Crippen LogP contribution in [-0.2, 0) is 16.1 Å². The largest absolute Gasteiger partial charge is 0.381 e. The number of nitrogens with one attached hydrogen (secondary N) is 2. The number of hydrogen-bond donors (Lipinski definition) is 2. The minimum Gasteiger partial charge on any atom is -0.381 e. The number of ether oxygens (including phenoxy) is 1. The Morgan fingerprint density at radius 2 is 2.13 bits per heavy atom. The van der Waals surface area contributed by atoms with Gasteiger partial charge in [-0.1, -0.05) is 30.3 Å². The Morgan fingerprint density at radius 1 is 1.35 bits per heavy atom. The predicted octanol–water partition coefficient (Wildman–Crippen LogP) is 0.847. The predicted molar refractivity (Wildman–Crippen MR) is 91.2 cm³/mol. The van der Waals surface area contributed by atoms with Crippen molar-refractivity contribution in [3.05, 3.63) is 35.9 Å². The first-order valence-corrected chi connectivity index (χ1v) is 7.99. The highest BCUT2D eigenvalue weighted by molar-refractivity contribution is 5.86. The average Bonchev–Trinajstić information content (AvgIpc) is 3.07. The van der Waals surface area contributed by atoms with E-state index in [1.807, 2.05) is 42.3 Å². The molecule has 1 aromatic rings. The summed E-state index contributed by atoms with van der Waals surface area (Å²) in [6.07, 6.45) is 1.08. The molecule has 1 aromatic carbocycles. The normalized spacial score (nSPS) is 17.8. The summed E-state index contributed by atoms with van der Waals surface area (Å²) < 4.78 is 5.39. The van der Waals surface area contributed by atoms with Crippen molar-refractivity contribution in [2.24, 2.45) is 10.9 Å². The fraction of sp³-hybridized carbons (Fsp3) is 0.529. The van der Waals surface area contributed by atoms with Gasteiger partial charge in [0.15, 0.2) is 5.96 Å². The van der Waals surface area contributed by atoms with Crippen molar-refractivity contribution in [1.29, 1.82) is 0 Å². The van der Waals surface area contributed by atoms with E-state index < -0.39 is 0 Å². The molecule has 0 saturated carbocycles. The lowest BCUT2D eigenvalue weighted by atomic mass is 10.1. The van der Waals surface area contributed by atoms with E-state index in [1.54, 1.807) is 7.05 Å². The number of nitrogens with zero attached hydrogens (tertiary/aromatic N) is 2. The molecule has 0 radical (unpaired) electrons. The molecule has 1 saturated heterocycles. The number of carbonyl (C=O) groups excluding carboxylic acids is 1. The number of carbonyl (C=O) groups is 1. The first-order chi connectivity index (χ1) is 11.2. The molecule has 0 aliphatic carbocycles. The Hall–Kier alpha value is -2.08. The second-order valence-corrected chi connectivity index (χ2v) is 5.77. The smallest absolute Gasteiger partial charge is 0.239 e. The van der Waals surface area contributed by atoms with Gasteiger partial charge in [-0.2, -0.15) is 0 Å². The highest BCUT2D eigenvalue weighted by atomic mass is 16.5. The fourth-order valence-electron chi connectivity index (χ4n) is 2.60. The number of hydrogen-bond acceptors (Lipinski definition) is 3. The standard InChI is InChI=1S/C17H26N4O2/c1-18-17(21(2)12-15-8-9-23-13-15)20-11-16(22)19-10-14-6-4-3-5-7-14/h3-7,15H,8-13H2,1-2H3,(H,18,20)(H,19,22). The van der Waals surface area contributed by atoms with Crippen molar-refractivity contribution in [3.8, 4) is 0 Å². The Labute approximate surface area is 137 Å². The average molecular weight is 318 g/mol. The zero-order valence-corrected chi connectivity index (χ0v) is 13.9. The summed E-state index contributed by atoms with van der Waals surface area (Å²) in [4.78, 5) is 18.2. The van der Waals surface area contributed by atoms with E-state index in [2.05, 4.69) is 15.6 Å². The van der Waals surface area contributed by atoms with Crippen molar-refractivity contribution < 1.29 is 9.53 Å². The number of benzene rings is 1. The van der Waals surface area contributed by atoms with Gasteiger partial charge in [0.1, 0.15) is 0 Å². The molecule has 0 bridgehead atoms. The van der Waals surface area contributed by atoms with Crippen molar-refractivity contribution in [3.63, 3.8) is 0 Å². The van der Waals surface area contributed by atoms with Crippen LogP contribution in [0, 0.1) is 5.92 Å². The van der Waals surface area contributed by atoms with Crippen LogP contribution in [0.1, 0.15) is 12.0 Å². The molecule has 1 aliphatic heterocycles. The molecule has 1 amide bonds. The van der Waals surface area contributed by atoms with E-state index in [-0.39, 0.29) is 12.5 Å². The Bertz CT molecular complexity index is 513. The molecule has 23 heavy (non-hydrogen) atoms. The van der Waals surface area contributed by atoms with Crippen molar-refractivity contribution in [1.82, 2.24) is 15.5 Å². The third-order valence-electron chi connectivity index (χ3n) is 3.87.